The van der Waals surface area contributed by atoms with Gasteiger partial charge in [-0.25, -0.2) is 15.0 Å². The van der Waals surface area contributed by atoms with Gasteiger partial charge in [-0.1, -0.05) is 19.9 Å². The molecule has 30 heavy (non-hydrogen) atoms. The maximum absolute atomic E-state index is 5.99. The Bertz CT molecular complexity index is 958. The zero-order chi connectivity index (χ0) is 20.9. The van der Waals surface area contributed by atoms with Crippen molar-refractivity contribution in [1.29, 1.82) is 0 Å². The Morgan fingerprint density at radius 2 is 1.93 bits per heavy atom. The molecule has 7 heteroatoms. The maximum Gasteiger partial charge on any atom is 0.133 e. The molecular weight excluding hydrogens is 376 g/mol. The fraction of sp³-hybridized carbons (Fsp3) is 0.391. The standard InChI is InChI=1S/C23H28N6O/c1-16(2)22-26-11-18(12-27-22)14-29-9-10-30-21(15-29)20-7-6-19(13-25-20)28-23-17(3)5-4-8-24-23/h4-8,11-13,16,21H,9-10,14-15H2,1-3H3,(H,24,28)/t21-/m0/s1. The predicted octanol–water partition coefficient (Wildman–Crippen LogP) is 4.02. The van der Waals surface area contributed by atoms with Crippen LogP contribution < -0.4 is 5.32 Å². The van der Waals surface area contributed by atoms with Gasteiger partial charge in [0.15, 0.2) is 0 Å². The van der Waals surface area contributed by atoms with E-state index in [1.54, 1.807) is 6.20 Å². The lowest BCUT2D eigenvalue weighted by Crippen LogP contribution is -2.38. The molecule has 3 aromatic rings. The lowest BCUT2D eigenvalue weighted by Gasteiger charge is -2.32. The van der Waals surface area contributed by atoms with E-state index in [0.717, 1.165) is 53.8 Å². The van der Waals surface area contributed by atoms with Gasteiger partial charge in [-0.3, -0.25) is 9.88 Å². The van der Waals surface area contributed by atoms with Gasteiger partial charge in [0, 0.05) is 49.7 Å². The molecule has 1 saturated heterocycles. The average molecular weight is 405 g/mol. The topological polar surface area (TPSA) is 76.1 Å². The highest BCUT2D eigenvalue weighted by atomic mass is 16.5. The zero-order valence-electron chi connectivity index (χ0n) is 17.7. The summed E-state index contributed by atoms with van der Waals surface area (Å²) in [5, 5.41) is 3.32. The summed E-state index contributed by atoms with van der Waals surface area (Å²) in [6, 6.07) is 8.01. The number of morpholine rings is 1. The predicted molar refractivity (Wildman–Crippen MR) is 117 cm³/mol. The first-order chi connectivity index (χ1) is 14.6. The van der Waals surface area contributed by atoms with Crippen molar-refractivity contribution in [2.45, 2.75) is 39.3 Å². The molecule has 156 valence electrons. The van der Waals surface area contributed by atoms with Crippen LogP contribution in [0, 0.1) is 6.92 Å². The van der Waals surface area contributed by atoms with E-state index in [-0.39, 0.29) is 6.10 Å². The minimum absolute atomic E-state index is 0.0414. The smallest absolute Gasteiger partial charge is 0.133 e. The Balaban J connectivity index is 1.37. The molecule has 0 bridgehead atoms. The van der Waals surface area contributed by atoms with Gasteiger partial charge in [0.05, 0.1) is 24.2 Å². The fourth-order valence-electron chi connectivity index (χ4n) is 3.45. The van der Waals surface area contributed by atoms with E-state index in [2.05, 4.69) is 44.0 Å². The van der Waals surface area contributed by atoms with Crippen LogP contribution in [-0.2, 0) is 11.3 Å². The number of hydrogen-bond donors (Lipinski definition) is 1. The van der Waals surface area contributed by atoms with Crippen molar-refractivity contribution in [1.82, 2.24) is 24.8 Å². The molecular formula is C23H28N6O. The van der Waals surface area contributed by atoms with Crippen LogP contribution in [0.3, 0.4) is 0 Å². The zero-order valence-corrected chi connectivity index (χ0v) is 17.7. The maximum atomic E-state index is 5.99. The summed E-state index contributed by atoms with van der Waals surface area (Å²) in [6.45, 7) is 9.43. The van der Waals surface area contributed by atoms with Gasteiger partial charge in [0.25, 0.3) is 0 Å². The van der Waals surface area contributed by atoms with Gasteiger partial charge in [0.1, 0.15) is 17.7 Å². The second kappa shape index (κ2) is 9.28. The summed E-state index contributed by atoms with van der Waals surface area (Å²) in [5.74, 6) is 2.08. The van der Waals surface area contributed by atoms with Crippen LogP contribution in [0.4, 0.5) is 11.5 Å². The summed E-state index contributed by atoms with van der Waals surface area (Å²) in [5.41, 5.74) is 4.07. The number of rotatable bonds is 6. The summed E-state index contributed by atoms with van der Waals surface area (Å²) in [7, 11) is 0. The fourth-order valence-corrected chi connectivity index (χ4v) is 3.45. The number of nitrogens with one attached hydrogen (secondary N) is 1. The summed E-state index contributed by atoms with van der Waals surface area (Å²) >= 11 is 0. The number of aryl methyl sites for hydroxylation is 1. The van der Waals surface area contributed by atoms with E-state index < -0.39 is 0 Å². The van der Waals surface area contributed by atoms with E-state index in [4.69, 9.17) is 4.74 Å². The molecule has 1 aliphatic heterocycles. The van der Waals surface area contributed by atoms with Crippen molar-refractivity contribution in [3.8, 4) is 0 Å². The van der Waals surface area contributed by atoms with Crippen LogP contribution in [-0.4, -0.2) is 44.5 Å². The van der Waals surface area contributed by atoms with E-state index in [0.29, 0.717) is 12.5 Å². The third-order valence-corrected chi connectivity index (χ3v) is 5.19. The largest absolute Gasteiger partial charge is 0.369 e. The van der Waals surface area contributed by atoms with Crippen LogP contribution >= 0.6 is 0 Å². The van der Waals surface area contributed by atoms with Crippen molar-refractivity contribution in [2.24, 2.45) is 0 Å². The molecule has 0 unspecified atom stereocenters. The first-order valence-corrected chi connectivity index (χ1v) is 10.4. The normalized spacial score (nSPS) is 17.3. The van der Waals surface area contributed by atoms with Crippen LogP contribution in [0.1, 0.15) is 48.5 Å². The van der Waals surface area contributed by atoms with E-state index in [1.165, 1.54) is 0 Å². The van der Waals surface area contributed by atoms with Gasteiger partial charge >= 0.3 is 0 Å². The lowest BCUT2D eigenvalue weighted by molar-refractivity contribution is -0.0350. The quantitative estimate of drug-likeness (QED) is 0.665. The average Bonchev–Trinajstić information content (AvgIpc) is 2.76. The van der Waals surface area contributed by atoms with Gasteiger partial charge in [-0.2, -0.15) is 0 Å². The number of pyridine rings is 2. The molecule has 0 spiro atoms. The molecule has 0 amide bonds. The lowest BCUT2D eigenvalue weighted by atomic mass is 10.1. The Morgan fingerprint density at radius 3 is 2.63 bits per heavy atom. The van der Waals surface area contributed by atoms with Crippen molar-refractivity contribution < 1.29 is 4.74 Å². The Morgan fingerprint density at radius 1 is 1.10 bits per heavy atom. The minimum atomic E-state index is -0.0414. The van der Waals surface area contributed by atoms with E-state index in [9.17, 15) is 0 Å². The van der Waals surface area contributed by atoms with Crippen molar-refractivity contribution >= 4 is 11.5 Å². The van der Waals surface area contributed by atoms with Crippen LogP contribution in [0.15, 0.2) is 49.1 Å². The van der Waals surface area contributed by atoms with E-state index >= 15 is 0 Å². The monoisotopic (exact) mass is 404 g/mol. The second-order valence-corrected chi connectivity index (χ2v) is 7.96. The van der Waals surface area contributed by atoms with Crippen LogP contribution in [0.5, 0.6) is 0 Å². The molecule has 0 radical (unpaired) electrons. The SMILES string of the molecule is Cc1cccnc1Nc1ccc([C@@H]2CN(Cc3cnc(C(C)C)nc3)CCO2)nc1. The van der Waals surface area contributed by atoms with E-state index in [1.807, 2.05) is 49.8 Å². The molecule has 7 nitrogen and oxygen atoms in total. The Hall–Kier alpha value is -2.90. The van der Waals surface area contributed by atoms with Crippen LogP contribution in [0.2, 0.25) is 0 Å². The summed E-state index contributed by atoms with van der Waals surface area (Å²) < 4.78 is 5.99. The van der Waals surface area contributed by atoms with Crippen molar-refractivity contribution in [3.05, 3.63) is 71.7 Å². The molecule has 1 atom stereocenters. The first-order valence-electron chi connectivity index (χ1n) is 10.4. The van der Waals surface area contributed by atoms with Crippen LogP contribution in [0.25, 0.3) is 0 Å². The van der Waals surface area contributed by atoms with Gasteiger partial charge in [-0.05, 0) is 30.7 Å². The molecule has 0 aliphatic carbocycles. The summed E-state index contributed by atoms with van der Waals surface area (Å²) in [6.07, 6.45) is 7.45. The molecule has 4 heterocycles. The summed E-state index contributed by atoms with van der Waals surface area (Å²) in [4.78, 5) is 20.3. The molecule has 0 saturated carbocycles. The number of ether oxygens (including phenoxy) is 1. The molecule has 3 aromatic heterocycles. The molecule has 1 fully saturated rings. The first kappa shape index (κ1) is 20.4. The van der Waals surface area contributed by atoms with Gasteiger partial charge < -0.3 is 10.1 Å². The second-order valence-electron chi connectivity index (χ2n) is 7.96. The Labute approximate surface area is 177 Å². The van der Waals surface area contributed by atoms with Crippen molar-refractivity contribution in [3.63, 3.8) is 0 Å². The number of anilines is 2. The molecule has 4 rings (SSSR count). The van der Waals surface area contributed by atoms with Crippen molar-refractivity contribution in [2.75, 3.05) is 25.0 Å². The highest BCUT2D eigenvalue weighted by Gasteiger charge is 2.23. The van der Waals surface area contributed by atoms with Gasteiger partial charge in [0.2, 0.25) is 0 Å². The number of hydrogen-bond acceptors (Lipinski definition) is 7. The molecule has 1 N–H and O–H groups in total. The van der Waals surface area contributed by atoms with Gasteiger partial charge in [-0.15, -0.1) is 0 Å². The number of aromatic nitrogens is 4. The third kappa shape index (κ3) is 4.98. The third-order valence-electron chi connectivity index (χ3n) is 5.19. The minimum Gasteiger partial charge on any atom is -0.369 e. The molecule has 1 aliphatic rings. The Kier molecular flexibility index (Phi) is 6.30. The highest BCUT2D eigenvalue weighted by Crippen LogP contribution is 2.24. The molecule has 0 aromatic carbocycles. The number of nitrogens with zero attached hydrogens (tertiary/aromatic N) is 5. The highest BCUT2D eigenvalue weighted by molar-refractivity contribution is 5.57.